The van der Waals surface area contributed by atoms with Crippen LogP contribution in [0.25, 0.3) is 0 Å². The number of halogens is 1. The van der Waals surface area contributed by atoms with Crippen LogP contribution in [-0.2, 0) is 11.2 Å². The van der Waals surface area contributed by atoms with Gasteiger partial charge in [0.25, 0.3) is 0 Å². The molecule has 1 unspecified atom stereocenters. The van der Waals surface area contributed by atoms with Crippen molar-refractivity contribution in [2.24, 2.45) is 5.92 Å². The predicted molar refractivity (Wildman–Crippen MR) is 73.6 cm³/mol. The van der Waals surface area contributed by atoms with Crippen molar-refractivity contribution in [2.45, 2.75) is 38.7 Å². The summed E-state index contributed by atoms with van der Waals surface area (Å²) >= 11 is 8.78. The molecule has 5 heteroatoms. The first-order valence-electron chi connectivity index (χ1n) is 5.98. The quantitative estimate of drug-likeness (QED) is 0.836. The van der Waals surface area contributed by atoms with E-state index in [-0.39, 0.29) is 6.10 Å². The molecule has 1 aromatic heterocycles. The lowest BCUT2D eigenvalue weighted by Gasteiger charge is -2.15. The Balaban J connectivity index is 2.36. The number of hydrogen-bond acceptors (Lipinski definition) is 3. The highest BCUT2D eigenvalue weighted by Crippen LogP contribution is 2.42. The van der Waals surface area contributed by atoms with Crippen LogP contribution >= 0.6 is 28.1 Å². The largest absolute Gasteiger partial charge is 0.373 e. The van der Waals surface area contributed by atoms with E-state index >= 15 is 0 Å². The molecule has 1 aromatic rings. The van der Waals surface area contributed by atoms with Crippen molar-refractivity contribution >= 4 is 28.1 Å². The molecule has 0 spiro atoms. The van der Waals surface area contributed by atoms with E-state index in [1.807, 2.05) is 0 Å². The molecule has 1 saturated carbocycles. The molecule has 2 rings (SSSR count). The number of hydrogen-bond donors (Lipinski definition) is 1. The topological polar surface area (TPSA) is 37.9 Å². The van der Waals surface area contributed by atoms with Crippen molar-refractivity contribution in [1.82, 2.24) is 9.97 Å². The molecule has 1 aliphatic carbocycles. The number of H-pyrrole nitrogens is 1. The van der Waals surface area contributed by atoms with Gasteiger partial charge in [0, 0.05) is 12.8 Å². The van der Waals surface area contributed by atoms with E-state index in [0.29, 0.717) is 10.6 Å². The first-order valence-corrected chi connectivity index (χ1v) is 7.18. The third-order valence-corrected chi connectivity index (χ3v) is 4.44. The summed E-state index contributed by atoms with van der Waals surface area (Å²) < 4.78 is 7.08. The molecule has 17 heavy (non-hydrogen) atoms. The Kier molecular flexibility index (Phi) is 4.33. The number of ether oxygens (including phenoxy) is 1. The van der Waals surface area contributed by atoms with Gasteiger partial charge < -0.3 is 9.72 Å². The molecule has 1 fully saturated rings. The van der Waals surface area contributed by atoms with Crippen molar-refractivity contribution in [3.8, 4) is 0 Å². The van der Waals surface area contributed by atoms with Gasteiger partial charge in [0.15, 0.2) is 0 Å². The Hall–Kier alpha value is -0.260. The first-order chi connectivity index (χ1) is 8.17. The van der Waals surface area contributed by atoms with Crippen LogP contribution in [0.5, 0.6) is 0 Å². The molecule has 0 bridgehead atoms. The third-order valence-electron chi connectivity index (χ3n) is 3.03. The molecule has 0 amide bonds. The lowest BCUT2D eigenvalue weighted by Crippen LogP contribution is -2.11. The van der Waals surface area contributed by atoms with Gasteiger partial charge in [-0.3, -0.25) is 0 Å². The van der Waals surface area contributed by atoms with Crippen molar-refractivity contribution in [1.29, 1.82) is 0 Å². The van der Waals surface area contributed by atoms with E-state index in [2.05, 4.69) is 32.8 Å². The molecular formula is C12H17BrN2OS. The minimum Gasteiger partial charge on any atom is -0.373 e. The fourth-order valence-electron chi connectivity index (χ4n) is 2.01. The molecule has 3 nitrogen and oxygen atoms in total. The van der Waals surface area contributed by atoms with Gasteiger partial charge in [-0.15, -0.1) is 0 Å². The first kappa shape index (κ1) is 13.2. The summed E-state index contributed by atoms with van der Waals surface area (Å²) in [6, 6.07) is 0. The molecule has 94 valence electrons. The smallest absolute Gasteiger partial charge is 0.144 e. The van der Waals surface area contributed by atoms with Gasteiger partial charge in [0.1, 0.15) is 16.6 Å². The summed E-state index contributed by atoms with van der Waals surface area (Å²) in [5.74, 6) is 1.49. The predicted octanol–water partition coefficient (Wildman–Crippen LogP) is 3.95. The Morgan fingerprint density at radius 2 is 2.29 bits per heavy atom. The summed E-state index contributed by atoms with van der Waals surface area (Å²) in [7, 11) is 1.74. The fraction of sp³-hybridized carbons (Fsp3) is 0.667. The van der Waals surface area contributed by atoms with Crippen LogP contribution in [0.1, 0.15) is 43.8 Å². The number of nitrogens with zero attached hydrogens (tertiary/aromatic N) is 1. The Morgan fingerprint density at radius 3 is 2.82 bits per heavy atom. The SMILES string of the molecule is CCCc1[nH]c(C(OC)C2CC2)nc(=S)c1Br. The second-order valence-electron chi connectivity index (χ2n) is 4.46. The molecule has 1 heterocycles. The van der Waals surface area contributed by atoms with Gasteiger partial charge in [-0.25, -0.2) is 4.98 Å². The lowest BCUT2D eigenvalue weighted by atomic mass is 10.2. The number of aromatic nitrogens is 2. The van der Waals surface area contributed by atoms with E-state index in [0.717, 1.165) is 28.8 Å². The minimum absolute atomic E-state index is 0.0698. The van der Waals surface area contributed by atoms with Gasteiger partial charge in [0.2, 0.25) is 0 Å². The van der Waals surface area contributed by atoms with Gasteiger partial charge in [-0.1, -0.05) is 25.6 Å². The summed E-state index contributed by atoms with van der Waals surface area (Å²) in [4.78, 5) is 7.81. The van der Waals surface area contributed by atoms with Gasteiger partial charge in [-0.05, 0) is 41.1 Å². The summed E-state index contributed by atoms with van der Waals surface area (Å²) in [5, 5.41) is 0. The maximum Gasteiger partial charge on any atom is 0.144 e. The molecule has 0 saturated heterocycles. The van der Waals surface area contributed by atoms with E-state index in [9.17, 15) is 0 Å². The summed E-state index contributed by atoms with van der Waals surface area (Å²) in [6.45, 7) is 2.15. The lowest BCUT2D eigenvalue weighted by molar-refractivity contribution is 0.0768. The van der Waals surface area contributed by atoms with Crippen LogP contribution in [0.4, 0.5) is 0 Å². The Bertz CT molecular complexity index is 456. The zero-order valence-corrected chi connectivity index (χ0v) is 12.5. The fourth-order valence-corrected chi connectivity index (χ4v) is 2.62. The number of aromatic amines is 1. The molecule has 1 N–H and O–H groups in total. The Labute approximate surface area is 115 Å². The maximum absolute atomic E-state index is 5.53. The maximum atomic E-state index is 5.53. The molecule has 0 aliphatic heterocycles. The Morgan fingerprint density at radius 1 is 1.59 bits per heavy atom. The van der Waals surface area contributed by atoms with Gasteiger partial charge >= 0.3 is 0 Å². The zero-order chi connectivity index (χ0) is 12.4. The molecule has 0 radical (unpaired) electrons. The average Bonchev–Trinajstić information content (AvgIpc) is 3.11. The number of methoxy groups -OCH3 is 1. The number of rotatable bonds is 5. The molecular weight excluding hydrogens is 300 g/mol. The summed E-state index contributed by atoms with van der Waals surface area (Å²) in [6.07, 6.45) is 4.57. The number of nitrogens with one attached hydrogen (secondary N) is 1. The van der Waals surface area contributed by atoms with Crippen LogP contribution in [-0.4, -0.2) is 17.1 Å². The number of aryl methyl sites for hydroxylation is 1. The van der Waals surface area contributed by atoms with Crippen molar-refractivity contribution in [3.63, 3.8) is 0 Å². The molecule has 1 atom stereocenters. The highest BCUT2D eigenvalue weighted by atomic mass is 79.9. The second-order valence-corrected chi connectivity index (χ2v) is 5.64. The minimum atomic E-state index is 0.0698. The van der Waals surface area contributed by atoms with Crippen molar-refractivity contribution in [2.75, 3.05) is 7.11 Å². The van der Waals surface area contributed by atoms with Crippen LogP contribution < -0.4 is 0 Å². The van der Waals surface area contributed by atoms with Crippen LogP contribution in [0.2, 0.25) is 0 Å². The van der Waals surface area contributed by atoms with E-state index in [1.54, 1.807) is 7.11 Å². The highest BCUT2D eigenvalue weighted by molar-refractivity contribution is 9.10. The van der Waals surface area contributed by atoms with Gasteiger partial charge in [-0.2, -0.15) is 0 Å². The third kappa shape index (κ3) is 2.95. The van der Waals surface area contributed by atoms with E-state index < -0.39 is 0 Å². The van der Waals surface area contributed by atoms with Crippen LogP contribution in [0.15, 0.2) is 4.47 Å². The van der Waals surface area contributed by atoms with Crippen LogP contribution in [0, 0.1) is 10.6 Å². The summed E-state index contributed by atoms with van der Waals surface area (Å²) in [5.41, 5.74) is 1.13. The molecule has 1 aliphatic rings. The standard InChI is InChI=1S/C12H17BrN2OS/c1-3-4-8-9(13)12(17)15-11(14-8)10(16-2)7-5-6-7/h7,10H,3-6H2,1-2H3,(H,14,15,17). The van der Waals surface area contributed by atoms with E-state index in [1.165, 1.54) is 12.8 Å². The zero-order valence-electron chi connectivity index (χ0n) is 10.1. The van der Waals surface area contributed by atoms with Crippen LogP contribution in [0.3, 0.4) is 0 Å². The highest BCUT2D eigenvalue weighted by Gasteiger charge is 2.34. The van der Waals surface area contributed by atoms with Gasteiger partial charge in [0.05, 0.1) is 4.47 Å². The average molecular weight is 317 g/mol. The molecule has 0 aromatic carbocycles. The second kappa shape index (κ2) is 5.59. The monoisotopic (exact) mass is 316 g/mol. The van der Waals surface area contributed by atoms with E-state index in [4.69, 9.17) is 17.0 Å². The van der Waals surface area contributed by atoms with Crippen molar-refractivity contribution < 1.29 is 4.74 Å². The normalized spacial score (nSPS) is 17.1. The van der Waals surface area contributed by atoms with Crippen molar-refractivity contribution in [3.05, 3.63) is 20.6 Å².